The zero-order valence-corrected chi connectivity index (χ0v) is 13.4. The molecule has 20 heavy (non-hydrogen) atoms. The summed E-state index contributed by atoms with van der Waals surface area (Å²) in [7, 11) is -4.02. The second kappa shape index (κ2) is 9.91. The van der Waals surface area contributed by atoms with Gasteiger partial charge in [-0.2, -0.15) is 8.42 Å². The Bertz CT molecular complexity index is 449. The summed E-state index contributed by atoms with van der Waals surface area (Å²) < 4.78 is 29.6. The first-order chi connectivity index (χ1) is 9.27. The predicted octanol–water partition coefficient (Wildman–Crippen LogP) is 3.58. The monoisotopic (exact) mass is 302 g/mol. The van der Waals surface area contributed by atoms with Gasteiger partial charge in [0.05, 0.1) is 11.0 Å². The summed E-state index contributed by atoms with van der Waals surface area (Å²) in [4.78, 5) is -0.0666. The number of hydrogen-bond acceptors (Lipinski definition) is 3. The Kier molecular flexibility index (Phi) is 9.46. The molecule has 0 fully saturated rings. The van der Waals surface area contributed by atoms with Crippen LogP contribution in [-0.2, 0) is 10.1 Å². The van der Waals surface area contributed by atoms with E-state index in [2.05, 4.69) is 6.92 Å². The lowest BCUT2D eigenvalue weighted by atomic mass is 10.1. The summed E-state index contributed by atoms with van der Waals surface area (Å²) >= 11 is 0. The van der Waals surface area contributed by atoms with Crippen LogP contribution < -0.4 is 0 Å². The molecule has 1 atom stereocenters. The minimum Gasteiger partial charge on any atom is -0.393 e. The van der Waals surface area contributed by atoms with Gasteiger partial charge < -0.3 is 5.11 Å². The lowest BCUT2D eigenvalue weighted by Gasteiger charge is -2.01. The van der Waals surface area contributed by atoms with Gasteiger partial charge in [-0.15, -0.1) is 0 Å². The van der Waals surface area contributed by atoms with Crippen molar-refractivity contribution >= 4 is 10.1 Å². The maximum absolute atomic E-state index is 10.5. The van der Waals surface area contributed by atoms with Gasteiger partial charge in [-0.05, 0) is 32.4 Å². The average Bonchev–Trinajstić information content (AvgIpc) is 2.35. The van der Waals surface area contributed by atoms with E-state index >= 15 is 0 Å². The van der Waals surface area contributed by atoms with Gasteiger partial charge >= 0.3 is 0 Å². The van der Waals surface area contributed by atoms with Gasteiger partial charge in [0.2, 0.25) is 0 Å². The molecule has 0 aliphatic rings. The summed E-state index contributed by atoms with van der Waals surface area (Å²) in [5.74, 6) is 0. The molecule has 0 bridgehead atoms. The molecule has 0 saturated carbocycles. The van der Waals surface area contributed by atoms with Crippen LogP contribution in [0.25, 0.3) is 0 Å². The highest BCUT2D eigenvalue weighted by Crippen LogP contribution is 2.08. The van der Waals surface area contributed by atoms with E-state index in [0.717, 1.165) is 12.0 Å². The zero-order valence-electron chi connectivity index (χ0n) is 12.5. The minimum absolute atomic E-state index is 0.0666. The fourth-order valence-electron chi connectivity index (χ4n) is 1.58. The Labute approximate surface area is 122 Å². The number of aryl methyl sites for hydroxylation is 1. The number of aliphatic hydroxyl groups excluding tert-OH is 1. The summed E-state index contributed by atoms with van der Waals surface area (Å²) in [5, 5.41) is 8.85. The van der Waals surface area contributed by atoms with E-state index in [1.165, 1.54) is 37.8 Å². The third-order valence-corrected chi connectivity index (χ3v) is 3.66. The Hall–Kier alpha value is -0.910. The van der Waals surface area contributed by atoms with Crippen LogP contribution in [0.3, 0.4) is 0 Å². The number of hydrogen-bond donors (Lipinski definition) is 2. The van der Waals surface area contributed by atoms with Crippen molar-refractivity contribution in [3.05, 3.63) is 29.8 Å². The summed E-state index contributed by atoms with van der Waals surface area (Å²) in [5.41, 5.74) is 0.956. The maximum Gasteiger partial charge on any atom is 0.294 e. The molecule has 0 aromatic heterocycles. The number of aliphatic hydroxyl groups is 1. The van der Waals surface area contributed by atoms with Gasteiger partial charge in [0.15, 0.2) is 0 Å². The van der Waals surface area contributed by atoms with E-state index in [0.29, 0.717) is 0 Å². The van der Waals surface area contributed by atoms with Crippen LogP contribution in [0.2, 0.25) is 0 Å². The molecule has 1 aromatic rings. The molecule has 5 heteroatoms. The van der Waals surface area contributed by atoms with Crippen LogP contribution in [0.15, 0.2) is 29.2 Å². The van der Waals surface area contributed by atoms with E-state index in [1.54, 1.807) is 12.1 Å². The summed E-state index contributed by atoms with van der Waals surface area (Å²) in [6.45, 7) is 5.89. The average molecular weight is 302 g/mol. The third kappa shape index (κ3) is 9.95. The third-order valence-electron chi connectivity index (χ3n) is 2.79. The Balaban J connectivity index is 0.000000370. The van der Waals surface area contributed by atoms with Gasteiger partial charge in [-0.1, -0.05) is 50.3 Å². The zero-order chi connectivity index (χ0) is 15.6. The topological polar surface area (TPSA) is 74.6 Å². The highest BCUT2D eigenvalue weighted by Gasteiger charge is 2.06. The molecule has 0 saturated heterocycles. The van der Waals surface area contributed by atoms with Crippen LogP contribution in [-0.4, -0.2) is 24.2 Å². The maximum atomic E-state index is 10.5. The normalized spacial score (nSPS) is 12.4. The summed E-state index contributed by atoms with van der Waals surface area (Å²) in [6.07, 6.45) is 5.93. The van der Waals surface area contributed by atoms with Gasteiger partial charge in [0, 0.05) is 0 Å². The quantitative estimate of drug-likeness (QED) is 0.622. The molecule has 4 nitrogen and oxygen atoms in total. The van der Waals surface area contributed by atoms with E-state index in [1.807, 2.05) is 13.8 Å². The second-order valence-corrected chi connectivity index (χ2v) is 6.41. The van der Waals surface area contributed by atoms with Crippen molar-refractivity contribution in [2.45, 2.75) is 63.9 Å². The molecule has 1 rings (SSSR count). The first kappa shape index (κ1) is 19.1. The summed E-state index contributed by atoms with van der Waals surface area (Å²) in [6, 6.07) is 5.99. The van der Waals surface area contributed by atoms with Crippen molar-refractivity contribution in [1.29, 1.82) is 0 Å². The van der Waals surface area contributed by atoms with Gasteiger partial charge in [0.1, 0.15) is 0 Å². The van der Waals surface area contributed by atoms with Crippen LogP contribution in [0.1, 0.15) is 51.5 Å². The first-order valence-corrected chi connectivity index (χ1v) is 8.43. The second-order valence-electron chi connectivity index (χ2n) is 4.99. The largest absolute Gasteiger partial charge is 0.393 e. The molecule has 116 valence electrons. The number of rotatable bonds is 6. The molecule has 2 N–H and O–H groups in total. The molecule has 0 unspecified atom stereocenters. The lowest BCUT2D eigenvalue weighted by molar-refractivity contribution is 0.180. The van der Waals surface area contributed by atoms with Crippen LogP contribution >= 0.6 is 0 Å². The fraction of sp³-hybridized carbons (Fsp3) is 0.600. The van der Waals surface area contributed by atoms with Crippen LogP contribution in [0.4, 0.5) is 0 Å². The van der Waals surface area contributed by atoms with E-state index in [4.69, 9.17) is 9.66 Å². The SMILES string of the molecule is CCCCCC[C@@H](C)O.Cc1ccc(S(=O)(=O)O)cc1. The van der Waals surface area contributed by atoms with Crippen molar-refractivity contribution in [2.75, 3.05) is 0 Å². The molecular weight excluding hydrogens is 276 g/mol. The highest BCUT2D eigenvalue weighted by atomic mass is 32.2. The van der Waals surface area contributed by atoms with E-state index < -0.39 is 10.1 Å². The molecule has 1 aromatic carbocycles. The minimum atomic E-state index is -4.02. The standard InChI is InChI=1S/C8H18O.C7H8O3S/c1-3-4-5-6-7-8(2)9;1-6-2-4-7(5-3-6)11(8,9)10/h8-9H,3-7H2,1-2H3;2-5H,1H3,(H,8,9,10)/t8-;/m1./s1. The predicted molar refractivity (Wildman–Crippen MR) is 81.4 cm³/mol. The Morgan fingerprint density at radius 3 is 2.05 bits per heavy atom. The molecule has 0 aliphatic heterocycles. The van der Waals surface area contributed by atoms with Gasteiger partial charge in [0.25, 0.3) is 10.1 Å². The number of unbranched alkanes of at least 4 members (excludes halogenated alkanes) is 3. The smallest absolute Gasteiger partial charge is 0.294 e. The first-order valence-electron chi connectivity index (χ1n) is 6.99. The molecule has 0 spiro atoms. The highest BCUT2D eigenvalue weighted by molar-refractivity contribution is 7.85. The fourth-order valence-corrected chi connectivity index (χ4v) is 2.06. The van der Waals surface area contributed by atoms with Crippen LogP contribution in [0, 0.1) is 6.92 Å². The van der Waals surface area contributed by atoms with Crippen molar-refractivity contribution in [3.8, 4) is 0 Å². The molecule has 0 amide bonds. The molecule has 0 radical (unpaired) electrons. The Morgan fingerprint density at radius 1 is 1.10 bits per heavy atom. The van der Waals surface area contributed by atoms with Crippen molar-refractivity contribution in [1.82, 2.24) is 0 Å². The van der Waals surface area contributed by atoms with Gasteiger partial charge in [-0.25, -0.2) is 0 Å². The molecular formula is C15H26O4S. The van der Waals surface area contributed by atoms with Crippen LogP contribution in [0.5, 0.6) is 0 Å². The van der Waals surface area contributed by atoms with Crippen molar-refractivity contribution in [3.63, 3.8) is 0 Å². The van der Waals surface area contributed by atoms with Crippen molar-refractivity contribution in [2.24, 2.45) is 0 Å². The lowest BCUT2D eigenvalue weighted by Crippen LogP contribution is -1.97. The molecule has 0 heterocycles. The number of benzene rings is 1. The van der Waals surface area contributed by atoms with Gasteiger partial charge in [-0.3, -0.25) is 4.55 Å². The van der Waals surface area contributed by atoms with E-state index in [9.17, 15) is 8.42 Å². The van der Waals surface area contributed by atoms with Crippen molar-refractivity contribution < 1.29 is 18.1 Å². The molecule has 0 aliphatic carbocycles. The Morgan fingerprint density at radius 2 is 1.65 bits per heavy atom. The van der Waals surface area contributed by atoms with E-state index in [-0.39, 0.29) is 11.0 Å².